The van der Waals surface area contributed by atoms with E-state index >= 15 is 0 Å². The third-order valence-electron chi connectivity index (χ3n) is 2.36. The molecular formula is C12H19NO2. The van der Waals surface area contributed by atoms with Gasteiger partial charge in [-0.05, 0) is 31.9 Å². The van der Waals surface area contributed by atoms with Crippen molar-refractivity contribution in [1.29, 1.82) is 0 Å². The minimum Gasteiger partial charge on any atom is -0.493 e. The number of aliphatic hydroxyl groups excluding tert-OH is 1. The molecule has 0 aromatic heterocycles. The van der Waals surface area contributed by atoms with Crippen LogP contribution in [0.5, 0.6) is 5.75 Å². The average molecular weight is 209 g/mol. The SMILES string of the molecule is Cc1cc(C)c(OCCC(C)O)cc1N. The highest BCUT2D eigenvalue weighted by Gasteiger charge is 2.04. The van der Waals surface area contributed by atoms with Gasteiger partial charge >= 0.3 is 0 Å². The molecule has 3 heteroatoms. The van der Waals surface area contributed by atoms with Crippen LogP contribution >= 0.6 is 0 Å². The van der Waals surface area contributed by atoms with Gasteiger partial charge in [0.15, 0.2) is 0 Å². The van der Waals surface area contributed by atoms with Crippen molar-refractivity contribution in [3.63, 3.8) is 0 Å². The molecule has 0 spiro atoms. The van der Waals surface area contributed by atoms with Gasteiger partial charge in [-0.3, -0.25) is 0 Å². The summed E-state index contributed by atoms with van der Waals surface area (Å²) in [6.07, 6.45) is 0.306. The average Bonchev–Trinajstić information content (AvgIpc) is 2.13. The molecule has 0 amide bonds. The number of nitrogens with two attached hydrogens (primary N) is 1. The number of aryl methyl sites for hydroxylation is 2. The number of anilines is 1. The normalized spacial score (nSPS) is 12.5. The number of benzene rings is 1. The van der Waals surface area contributed by atoms with Gasteiger partial charge in [-0.2, -0.15) is 0 Å². The smallest absolute Gasteiger partial charge is 0.124 e. The fraction of sp³-hybridized carbons (Fsp3) is 0.500. The maximum Gasteiger partial charge on any atom is 0.124 e. The Labute approximate surface area is 90.9 Å². The molecular weight excluding hydrogens is 190 g/mol. The monoisotopic (exact) mass is 209 g/mol. The van der Waals surface area contributed by atoms with Gasteiger partial charge in [0.25, 0.3) is 0 Å². The van der Waals surface area contributed by atoms with Gasteiger partial charge in [0.1, 0.15) is 5.75 Å². The molecule has 0 bridgehead atoms. The number of hydrogen-bond acceptors (Lipinski definition) is 3. The summed E-state index contributed by atoms with van der Waals surface area (Å²) in [6, 6.07) is 3.85. The minimum absolute atomic E-state index is 0.326. The highest BCUT2D eigenvalue weighted by atomic mass is 16.5. The van der Waals surface area contributed by atoms with Crippen LogP contribution in [0.15, 0.2) is 12.1 Å². The van der Waals surface area contributed by atoms with E-state index in [1.807, 2.05) is 26.0 Å². The minimum atomic E-state index is -0.326. The van der Waals surface area contributed by atoms with Gasteiger partial charge in [-0.1, -0.05) is 6.07 Å². The van der Waals surface area contributed by atoms with Crippen LogP contribution in [0.25, 0.3) is 0 Å². The molecule has 0 aliphatic heterocycles. The van der Waals surface area contributed by atoms with Crippen LogP contribution in [0.1, 0.15) is 24.5 Å². The van der Waals surface area contributed by atoms with Crippen LogP contribution in [-0.2, 0) is 0 Å². The lowest BCUT2D eigenvalue weighted by Crippen LogP contribution is -2.08. The molecule has 1 aromatic carbocycles. The molecule has 3 nitrogen and oxygen atoms in total. The lowest BCUT2D eigenvalue weighted by molar-refractivity contribution is 0.155. The Balaban J connectivity index is 2.65. The summed E-state index contributed by atoms with van der Waals surface area (Å²) in [5, 5.41) is 9.09. The van der Waals surface area contributed by atoms with Crippen LogP contribution < -0.4 is 10.5 Å². The molecule has 0 saturated heterocycles. The lowest BCUT2D eigenvalue weighted by atomic mass is 10.1. The first kappa shape index (κ1) is 11.9. The molecule has 0 aliphatic carbocycles. The Morgan fingerprint density at radius 2 is 2.00 bits per heavy atom. The fourth-order valence-corrected chi connectivity index (χ4v) is 1.34. The molecule has 15 heavy (non-hydrogen) atoms. The quantitative estimate of drug-likeness (QED) is 0.746. The van der Waals surface area contributed by atoms with Crippen molar-refractivity contribution in [2.45, 2.75) is 33.3 Å². The molecule has 1 rings (SSSR count). The lowest BCUT2D eigenvalue weighted by Gasteiger charge is -2.12. The van der Waals surface area contributed by atoms with E-state index < -0.39 is 0 Å². The molecule has 0 heterocycles. The second-order valence-corrected chi connectivity index (χ2v) is 3.96. The van der Waals surface area contributed by atoms with Crippen LogP contribution in [-0.4, -0.2) is 17.8 Å². The molecule has 0 saturated carbocycles. The van der Waals surface area contributed by atoms with Crippen molar-refractivity contribution in [1.82, 2.24) is 0 Å². The number of hydrogen-bond donors (Lipinski definition) is 2. The van der Waals surface area contributed by atoms with E-state index in [2.05, 4.69) is 0 Å². The van der Waals surface area contributed by atoms with Gasteiger partial charge < -0.3 is 15.6 Å². The number of nitrogen functional groups attached to an aromatic ring is 1. The first-order valence-corrected chi connectivity index (χ1v) is 5.18. The van der Waals surface area contributed by atoms with E-state index in [-0.39, 0.29) is 6.10 Å². The van der Waals surface area contributed by atoms with Crippen LogP contribution in [0.3, 0.4) is 0 Å². The molecule has 3 N–H and O–H groups in total. The molecule has 1 atom stereocenters. The van der Waals surface area contributed by atoms with E-state index in [1.165, 1.54) is 0 Å². The second kappa shape index (κ2) is 5.03. The predicted molar refractivity (Wildman–Crippen MR) is 62.1 cm³/mol. The van der Waals surface area contributed by atoms with Gasteiger partial charge in [0.2, 0.25) is 0 Å². The van der Waals surface area contributed by atoms with Crippen LogP contribution in [0.2, 0.25) is 0 Å². The summed E-state index contributed by atoms with van der Waals surface area (Å²) in [6.45, 7) is 6.23. The summed E-state index contributed by atoms with van der Waals surface area (Å²) >= 11 is 0. The standard InChI is InChI=1S/C12H19NO2/c1-8-6-9(2)12(7-11(8)13)15-5-4-10(3)14/h6-7,10,14H,4-5,13H2,1-3H3. The largest absolute Gasteiger partial charge is 0.493 e. The number of aliphatic hydroxyl groups is 1. The molecule has 0 radical (unpaired) electrons. The summed E-state index contributed by atoms with van der Waals surface area (Å²) in [4.78, 5) is 0. The first-order valence-electron chi connectivity index (χ1n) is 5.18. The first-order chi connectivity index (χ1) is 7.00. The van der Waals surface area contributed by atoms with Crippen molar-refractivity contribution in [2.24, 2.45) is 0 Å². The fourth-order valence-electron chi connectivity index (χ4n) is 1.34. The summed E-state index contributed by atoms with van der Waals surface area (Å²) in [5.74, 6) is 0.804. The zero-order valence-corrected chi connectivity index (χ0v) is 9.58. The van der Waals surface area contributed by atoms with Gasteiger partial charge in [0.05, 0.1) is 12.7 Å². The van der Waals surface area contributed by atoms with Crippen LogP contribution in [0, 0.1) is 13.8 Å². The molecule has 0 aliphatic rings. The summed E-state index contributed by atoms with van der Waals surface area (Å²) in [7, 11) is 0. The zero-order chi connectivity index (χ0) is 11.4. The number of rotatable bonds is 4. The Kier molecular flexibility index (Phi) is 3.97. The van der Waals surface area contributed by atoms with E-state index in [0.29, 0.717) is 13.0 Å². The maximum absolute atomic E-state index is 9.09. The van der Waals surface area contributed by atoms with E-state index in [1.54, 1.807) is 6.92 Å². The third kappa shape index (κ3) is 3.44. The summed E-state index contributed by atoms with van der Waals surface area (Å²) < 4.78 is 5.54. The summed E-state index contributed by atoms with van der Waals surface area (Å²) in [5.41, 5.74) is 8.68. The Morgan fingerprint density at radius 3 is 2.60 bits per heavy atom. The third-order valence-corrected chi connectivity index (χ3v) is 2.36. The molecule has 1 aromatic rings. The van der Waals surface area contributed by atoms with Crippen molar-refractivity contribution in [3.05, 3.63) is 23.3 Å². The zero-order valence-electron chi connectivity index (χ0n) is 9.58. The topological polar surface area (TPSA) is 55.5 Å². The predicted octanol–water partition coefficient (Wildman–Crippen LogP) is 2.04. The van der Waals surface area contributed by atoms with Crippen molar-refractivity contribution >= 4 is 5.69 Å². The van der Waals surface area contributed by atoms with Crippen LogP contribution in [0.4, 0.5) is 5.69 Å². The van der Waals surface area contributed by atoms with Crippen molar-refractivity contribution in [3.8, 4) is 5.75 Å². The van der Waals surface area contributed by atoms with Crippen molar-refractivity contribution < 1.29 is 9.84 Å². The van der Waals surface area contributed by atoms with E-state index in [9.17, 15) is 0 Å². The van der Waals surface area contributed by atoms with Gasteiger partial charge in [-0.25, -0.2) is 0 Å². The Hall–Kier alpha value is -1.22. The van der Waals surface area contributed by atoms with E-state index in [0.717, 1.165) is 22.6 Å². The molecule has 0 fully saturated rings. The maximum atomic E-state index is 9.09. The van der Waals surface area contributed by atoms with Gasteiger partial charge in [0, 0.05) is 18.2 Å². The second-order valence-electron chi connectivity index (χ2n) is 3.96. The van der Waals surface area contributed by atoms with Crippen molar-refractivity contribution in [2.75, 3.05) is 12.3 Å². The Bertz CT molecular complexity index is 335. The molecule has 1 unspecified atom stereocenters. The van der Waals surface area contributed by atoms with Gasteiger partial charge in [-0.15, -0.1) is 0 Å². The van der Waals surface area contributed by atoms with E-state index in [4.69, 9.17) is 15.6 Å². The highest BCUT2D eigenvalue weighted by molar-refractivity contribution is 5.54. The number of ether oxygens (including phenoxy) is 1. The molecule has 84 valence electrons. The Morgan fingerprint density at radius 1 is 1.33 bits per heavy atom. The highest BCUT2D eigenvalue weighted by Crippen LogP contribution is 2.24.